The molecule has 0 saturated carbocycles. The van der Waals surface area contributed by atoms with Crippen molar-refractivity contribution in [3.63, 3.8) is 0 Å². The highest BCUT2D eigenvalue weighted by molar-refractivity contribution is 6.42. The number of carbonyl (C=O) groups is 3. The van der Waals surface area contributed by atoms with Gasteiger partial charge in [0, 0.05) is 55.4 Å². The summed E-state index contributed by atoms with van der Waals surface area (Å²) in [5.74, 6) is -0.497. The van der Waals surface area contributed by atoms with Gasteiger partial charge in [0.25, 0.3) is 5.91 Å². The van der Waals surface area contributed by atoms with E-state index in [0.717, 1.165) is 47.4 Å². The van der Waals surface area contributed by atoms with Gasteiger partial charge in [-0.2, -0.15) is 0 Å². The van der Waals surface area contributed by atoms with Gasteiger partial charge >= 0.3 is 0 Å². The fourth-order valence-corrected chi connectivity index (χ4v) is 4.56. The maximum absolute atomic E-state index is 13.0. The van der Waals surface area contributed by atoms with Crippen molar-refractivity contribution in [3.8, 4) is 11.3 Å². The number of anilines is 3. The molecule has 0 aliphatic carbocycles. The second kappa shape index (κ2) is 11.9. The van der Waals surface area contributed by atoms with E-state index in [9.17, 15) is 14.4 Å². The minimum absolute atomic E-state index is 0.193. The Balaban J connectivity index is 1.33. The molecule has 1 fully saturated rings. The molecule has 2 aromatic heterocycles. The molecule has 5 rings (SSSR count). The molecular weight excluding hydrogens is 510 g/mol. The average Bonchev–Trinajstić information content (AvgIpc) is 3.01. The quantitative estimate of drug-likeness (QED) is 0.263. The van der Waals surface area contributed by atoms with Crippen molar-refractivity contribution in [2.75, 3.05) is 55.3 Å². The molecule has 11 nitrogen and oxygen atoms in total. The van der Waals surface area contributed by atoms with Crippen molar-refractivity contribution in [1.29, 1.82) is 0 Å². The number of aromatic nitrogens is 3. The third-order valence-corrected chi connectivity index (χ3v) is 6.78. The Labute approximate surface area is 231 Å². The number of rotatable bonds is 7. The zero-order chi connectivity index (χ0) is 28.1. The van der Waals surface area contributed by atoms with Crippen LogP contribution in [0.15, 0.2) is 67.5 Å². The number of carbonyl (C=O) groups excluding carboxylic acids is 3. The highest BCUT2D eigenvalue weighted by atomic mass is 16.5. The van der Waals surface area contributed by atoms with Crippen LogP contribution in [-0.4, -0.2) is 76.8 Å². The fraction of sp³-hybridized carbons (Fsp3) is 0.241. The maximum Gasteiger partial charge on any atom is 0.295 e. The normalized spacial score (nSPS) is 15.2. The molecule has 3 N–H and O–H groups in total. The largest absolute Gasteiger partial charge is 0.378 e. The first-order chi connectivity index (χ1) is 19.4. The molecule has 0 radical (unpaired) electrons. The minimum atomic E-state index is -0.595. The Morgan fingerprint density at radius 2 is 1.73 bits per heavy atom. The molecule has 204 valence electrons. The molecule has 2 amide bonds. The van der Waals surface area contributed by atoms with E-state index in [0.29, 0.717) is 38.4 Å². The lowest BCUT2D eigenvalue weighted by atomic mass is 9.97. The van der Waals surface area contributed by atoms with Crippen LogP contribution >= 0.6 is 0 Å². The van der Waals surface area contributed by atoms with Crippen molar-refractivity contribution in [2.45, 2.75) is 6.42 Å². The number of amides is 2. The summed E-state index contributed by atoms with van der Waals surface area (Å²) in [5.41, 5.74) is 9.97. The van der Waals surface area contributed by atoms with Gasteiger partial charge in [-0.1, -0.05) is 12.7 Å². The smallest absolute Gasteiger partial charge is 0.295 e. The van der Waals surface area contributed by atoms with Crippen LogP contribution in [0.4, 0.5) is 17.5 Å². The van der Waals surface area contributed by atoms with Crippen molar-refractivity contribution in [2.24, 2.45) is 0 Å². The predicted molar refractivity (Wildman–Crippen MR) is 151 cm³/mol. The minimum Gasteiger partial charge on any atom is -0.378 e. The third-order valence-electron chi connectivity index (χ3n) is 6.78. The van der Waals surface area contributed by atoms with Gasteiger partial charge in [0.05, 0.1) is 18.9 Å². The molecular formula is C29H29N7O4. The predicted octanol–water partition coefficient (Wildman–Crippen LogP) is 2.58. The lowest BCUT2D eigenvalue weighted by Crippen LogP contribution is -2.39. The third kappa shape index (κ3) is 6.05. The Hall–Kier alpha value is -4.90. The van der Waals surface area contributed by atoms with E-state index >= 15 is 0 Å². The summed E-state index contributed by atoms with van der Waals surface area (Å²) in [7, 11) is 0. The molecule has 0 unspecified atom stereocenters. The summed E-state index contributed by atoms with van der Waals surface area (Å²) >= 11 is 0. The number of hydrogen-bond acceptors (Lipinski definition) is 9. The lowest BCUT2D eigenvalue weighted by Gasteiger charge is -2.29. The van der Waals surface area contributed by atoms with E-state index in [2.05, 4.69) is 26.8 Å². The second-order valence-electron chi connectivity index (χ2n) is 9.36. The van der Waals surface area contributed by atoms with Crippen LogP contribution in [0.2, 0.25) is 0 Å². The number of pyridine rings is 1. The Morgan fingerprint density at radius 3 is 2.38 bits per heavy atom. The molecule has 0 spiro atoms. The molecule has 40 heavy (non-hydrogen) atoms. The van der Waals surface area contributed by atoms with Gasteiger partial charge in [0.2, 0.25) is 17.6 Å². The molecule has 0 atom stereocenters. The molecule has 1 saturated heterocycles. The summed E-state index contributed by atoms with van der Waals surface area (Å²) in [6.07, 6.45) is 7.01. The summed E-state index contributed by atoms with van der Waals surface area (Å²) in [6, 6.07) is 10.2. The summed E-state index contributed by atoms with van der Waals surface area (Å²) < 4.78 is 5.51. The van der Waals surface area contributed by atoms with E-state index in [1.807, 2.05) is 18.2 Å². The van der Waals surface area contributed by atoms with E-state index in [-0.39, 0.29) is 17.4 Å². The fourth-order valence-electron chi connectivity index (χ4n) is 4.56. The summed E-state index contributed by atoms with van der Waals surface area (Å²) in [6.45, 7) is 6.85. The van der Waals surface area contributed by atoms with E-state index in [4.69, 9.17) is 15.5 Å². The Kier molecular flexibility index (Phi) is 7.92. The van der Waals surface area contributed by atoms with Crippen molar-refractivity contribution in [1.82, 2.24) is 19.9 Å². The van der Waals surface area contributed by atoms with Gasteiger partial charge in [-0.25, -0.2) is 15.0 Å². The number of nitrogens with one attached hydrogen (secondary N) is 1. The number of hydrogen-bond donors (Lipinski definition) is 2. The van der Waals surface area contributed by atoms with E-state index in [1.165, 1.54) is 17.0 Å². The number of ether oxygens (including phenoxy) is 1. The highest BCUT2D eigenvalue weighted by Gasteiger charge is 2.26. The van der Waals surface area contributed by atoms with Crippen LogP contribution in [0.3, 0.4) is 0 Å². The van der Waals surface area contributed by atoms with Gasteiger partial charge < -0.3 is 25.6 Å². The molecule has 1 aromatic carbocycles. The zero-order valence-electron chi connectivity index (χ0n) is 21.9. The van der Waals surface area contributed by atoms with Gasteiger partial charge in [-0.05, 0) is 60.0 Å². The summed E-state index contributed by atoms with van der Waals surface area (Å²) in [5, 5.41) is 2.61. The van der Waals surface area contributed by atoms with Crippen LogP contribution < -0.4 is 16.0 Å². The standard InChI is InChI=1S/C29H29N7O4/c1-2-26(37)33-23-5-3-20(4-6-23)27(38)28(39)36-9-7-19(8-10-36)21-15-24(22-17-31-29(30)32-18-22)34-25(16-21)35-11-13-40-14-12-35/h2-7,15-18H,1,8-14H2,(H,33,37)(H2,30,31,32). The molecule has 3 aromatic rings. The van der Waals surface area contributed by atoms with Crippen LogP contribution in [0.25, 0.3) is 16.8 Å². The number of ketones is 1. The first kappa shape index (κ1) is 26.7. The Bertz CT molecular complexity index is 1460. The number of morpholine rings is 1. The zero-order valence-corrected chi connectivity index (χ0v) is 21.9. The van der Waals surface area contributed by atoms with Gasteiger partial charge in [0.15, 0.2) is 0 Å². The van der Waals surface area contributed by atoms with Gasteiger partial charge in [-0.15, -0.1) is 0 Å². The summed E-state index contributed by atoms with van der Waals surface area (Å²) in [4.78, 5) is 54.1. The van der Waals surface area contributed by atoms with Crippen molar-refractivity contribution < 1.29 is 19.1 Å². The molecule has 2 aliphatic heterocycles. The highest BCUT2D eigenvalue weighted by Crippen LogP contribution is 2.30. The SMILES string of the molecule is C=CC(=O)Nc1ccc(C(=O)C(=O)N2CC=C(c3cc(-c4cnc(N)nc4)nc(N4CCOCC4)c3)CC2)cc1. The number of Topliss-reactive ketones (excluding diaryl/α,β-unsaturated/α-hetero) is 1. The number of benzene rings is 1. The van der Waals surface area contributed by atoms with Gasteiger partial charge in [0.1, 0.15) is 5.82 Å². The van der Waals surface area contributed by atoms with Gasteiger partial charge in [-0.3, -0.25) is 14.4 Å². The van der Waals surface area contributed by atoms with Crippen LogP contribution in [0.1, 0.15) is 22.3 Å². The van der Waals surface area contributed by atoms with E-state index < -0.39 is 11.7 Å². The lowest BCUT2D eigenvalue weighted by molar-refractivity contribution is -0.126. The molecule has 4 heterocycles. The number of nitrogen functional groups attached to an aromatic ring is 1. The van der Waals surface area contributed by atoms with Crippen LogP contribution in [0, 0.1) is 0 Å². The number of nitrogens with two attached hydrogens (primary N) is 1. The second-order valence-corrected chi connectivity index (χ2v) is 9.36. The Morgan fingerprint density at radius 1 is 1.00 bits per heavy atom. The van der Waals surface area contributed by atoms with Crippen LogP contribution in [0.5, 0.6) is 0 Å². The number of nitrogens with zero attached hydrogens (tertiary/aromatic N) is 5. The van der Waals surface area contributed by atoms with Crippen molar-refractivity contribution >= 4 is 40.6 Å². The van der Waals surface area contributed by atoms with E-state index in [1.54, 1.807) is 24.5 Å². The topological polar surface area (TPSA) is 144 Å². The van der Waals surface area contributed by atoms with Crippen LogP contribution in [-0.2, 0) is 14.3 Å². The monoisotopic (exact) mass is 539 g/mol. The first-order valence-corrected chi connectivity index (χ1v) is 12.9. The molecule has 2 aliphatic rings. The first-order valence-electron chi connectivity index (χ1n) is 12.9. The molecule has 0 bridgehead atoms. The average molecular weight is 540 g/mol. The van der Waals surface area contributed by atoms with Crippen molar-refractivity contribution in [3.05, 3.63) is 78.6 Å². The maximum atomic E-state index is 13.0. The molecule has 11 heteroatoms.